The quantitative estimate of drug-likeness (QED) is 0.747. The zero-order valence-corrected chi connectivity index (χ0v) is 8.74. The fourth-order valence-corrected chi connectivity index (χ4v) is 3.66. The molecule has 14 heavy (non-hydrogen) atoms. The lowest BCUT2D eigenvalue weighted by Gasteiger charge is -2.16. The third-order valence-corrected chi connectivity index (χ3v) is 4.67. The summed E-state index contributed by atoms with van der Waals surface area (Å²) in [7, 11) is 0. The fourth-order valence-electron chi connectivity index (χ4n) is 3.66. The minimum absolute atomic E-state index is 0.235. The first-order chi connectivity index (χ1) is 6.81. The van der Waals surface area contributed by atoms with Gasteiger partial charge in [0.15, 0.2) is 0 Å². The molecule has 2 aliphatic carbocycles. The second-order valence-electron chi connectivity index (χ2n) is 5.40. The molecule has 1 heterocycles. The van der Waals surface area contributed by atoms with E-state index >= 15 is 0 Å². The Balaban J connectivity index is 1.49. The summed E-state index contributed by atoms with van der Waals surface area (Å²) in [5.74, 6) is 2.08. The van der Waals surface area contributed by atoms with Crippen molar-refractivity contribution in [3.05, 3.63) is 0 Å². The zero-order chi connectivity index (χ0) is 9.60. The third kappa shape index (κ3) is 1.31. The van der Waals surface area contributed by atoms with Crippen LogP contribution in [0.2, 0.25) is 0 Å². The normalized spacial score (nSPS) is 50.8. The van der Waals surface area contributed by atoms with E-state index in [0.29, 0.717) is 11.8 Å². The lowest BCUT2D eigenvalue weighted by atomic mass is 9.95. The maximum atomic E-state index is 10.3. The van der Waals surface area contributed by atoms with E-state index in [9.17, 15) is 5.11 Å². The Morgan fingerprint density at radius 1 is 1.21 bits per heavy atom. The van der Waals surface area contributed by atoms with Gasteiger partial charge < -0.3 is 9.84 Å². The van der Waals surface area contributed by atoms with Gasteiger partial charge >= 0.3 is 0 Å². The fraction of sp³-hybridized carbons (Fsp3) is 1.00. The summed E-state index contributed by atoms with van der Waals surface area (Å²) in [6.45, 7) is 1.88. The summed E-state index contributed by atoms with van der Waals surface area (Å²) in [6, 6.07) is 0. The van der Waals surface area contributed by atoms with E-state index in [-0.39, 0.29) is 5.60 Å². The third-order valence-electron chi connectivity index (χ3n) is 4.67. The lowest BCUT2D eigenvalue weighted by molar-refractivity contribution is 0.0870. The molecule has 3 aliphatic rings. The van der Waals surface area contributed by atoms with Crippen molar-refractivity contribution in [2.24, 2.45) is 17.8 Å². The van der Waals surface area contributed by atoms with E-state index in [4.69, 9.17) is 4.74 Å². The standard InChI is InChI=1S/C12H20O2/c13-12(10-2-1-3-11(10)12)6-4-9-5-7-14-8-9/h9-11,13H,1-8H2. The maximum absolute atomic E-state index is 10.3. The smallest absolute Gasteiger partial charge is 0.0711 e. The van der Waals surface area contributed by atoms with E-state index in [0.717, 1.165) is 25.6 Å². The van der Waals surface area contributed by atoms with Crippen LogP contribution < -0.4 is 0 Å². The van der Waals surface area contributed by atoms with Gasteiger partial charge in [-0.25, -0.2) is 0 Å². The van der Waals surface area contributed by atoms with Gasteiger partial charge in [-0.3, -0.25) is 0 Å². The van der Waals surface area contributed by atoms with Crippen molar-refractivity contribution in [3.63, 3.8) is 0 Å². The lowest BCUT2D eigenvalue weighted by Crippen LogP contribution is -2.17. The molecule has 0 aromatic heterocycles. The molecule has 2 heteroatoms. The van der Waals surface area contributed by atoms with Crippen LogP contribution >= 0.6 is 0 Å². The van der Waals surface area contributed by atoms with Crippen molar-refractivity contribution < 1.29 is 9.84 Å². The van der Waals surface area contributed by atoms with Crippen molar-refractivity contribution >= 4 is 0 Å². The molecule has 0 bridgehead atoms. The molecule has 0 amide bonds. The van der Waals surface area contributed by atoms with E-state index < -0.39 is 0 Å². The van der Waals surface area contributed by atoms with Crippen LogP contribution in [0.5, 0.6) is 0 Å². The number of aliphatic hydroxyl groups is 1. The van der Waals surface area contributed by atoms with E-state index in [1.165, 1.54) is 32.1 Å². The molecule has 0 aromatic carbocycles. The van der Waals surface area contributed by atoms with Crippen LogP contribution in [0.1, 0.15) is 38.5 Å². The van der Waals surface area contributed by atoms with Crippen LogP contribution in [0, 0.1) is 17.8 Å². The van der Waals surface area contributed by atoms with Gasteiger partial charge in [0.05, 0.1) is 5.60 Å². The molecule has 2 saturated carbocycles. The minimum Gasteiger partial charge on any atom is -0.389 e. The second-order valence-corrected chi connectivity index (χ2v) is 5.40. The minimum atomic E-state index is -0.235. The number of rotatable bonds is 3. The topological polar surface area (TPSA) is 29.5 Å². The first-order valence-corrected chi connectivity index (χ1v) is 6.11. The molecule has 3 unspecified atom stereocenters. The molecule has 0 radical (unpaired) electrons. The van der Waals surface area contributed by atoms with Crippen molar-refractivity contribution in [2.75, 3.05) is 13.2 Å². The highest BCUT2D eigenvalue weighted by molar-refractivity contribution is 5.14. The average Bonchev–Trinajstić information content (AvgIpc) is 2.77. The summed E-state index contributed by atoms with van der Waals surface area (Å²) in [6.07, 6.45) is 7.35. The Morgan fingerprint density at radius 3 is 2.64 bits per heavy atom. The second kappa shape index (κ2) is 3.21. The van der Waals surface area contributed by atoms with Gasteiger partial charge in [-0.15, -0.1) is 0 Å². The van der Waals surface area contributed by atoms with Gasteiger partial charge in [-0.05, 0) is 49.9 Å². The molecular weight excluding hydrogens is 176 g/mol. The van der Waals surface area contributed by atoms with Gasteiger partial charge in [0.2, 0.25) is 0 Å². The number of ether oxygens (including phenoxy) is 1. The van der Waals surface area contributed by atoms with Crippen LogP contribution in [-0.4, -0.2) is 23.9 Å². The van der Waals surface area contributed by atoms with Crippen molar-refractivity contribution in [1.29, 1.82) is 0 Å². The van der Waals surface area contributed by atoms with Gasteiger partial charge in [0.25, 0.3) is 0 Å². The van der Waals surface area contributed by atoms with E-state index in [1.54, 1.807) is 0 Å². The predicted molar refractivity (Wildman–Crippen MR) is 53.9 cm³/mol. The highest BCUT2D eigenvalue weighted by Crippen LogP contribution is 2.62. The Morgan fingerprint density at radius 2 is 2.00 bits per heavy atom. The molecule has 3 rings (SSSR count). The molecule has 3 fully saturated rings. The molecule has 0 spiro atoms. The summed E-state index contributed by atoms with van der Waals surface area (Å²) >= 11 is 0. The number of hydrogen-bond acceptors (Lipinski definition) is 2. The van der Waals surface area contributed by atoms with Crippen LogP contribution in [0.15, 0.2) is 0 Å². The molecule has 0 aromatic rings. The molecule has 1 saturated heterocycles. The Hall–Kier alpha value is -0.0800. The SMILES string of the molecule is OC1(CCC2CCOC2)C2CCCC21. The van der Waals surface area contributed by atoms with Gasteiger partial charge in [-0.1, -0.05) is 6.42 Å². The zero-order valence-electron chi connectivity index (χ0n) is 8.74. The van der Waals surface area contributed by atoms with E-state index in [1.807, 2.05) is 0 Å². The maximum Gasteiger partial charge on any atom is 0.0711 e. The van der Waals surface area contributed by atoms with Gasteiger partial charge in [0, 0.05) is 13.2 Å². The first-order valence-electron chi connectivity index (χ1n) is 6.11. The van der Waals surface area contributed by atoms with Crippen LogP contribution in [0.4, 0.5) is 0 Å². The number of fused-ring (bicyclic) bond motifs is 1. The van der Waals surface area contributed by atoms with Crippen LogP contribution in [0.25, 0.3) is 0 Å². The van der Waals surface area contributed by atoms with Crippen molar-refractivity contribution in [1.82, 2.24) is 0 Å². The highest BCUT2D eigenvalue weighted by Gasteiger charge is 2.64. The summed E-state index contributed by atoms with van der Waals surface area (Å²) < 4.78 is 5.36. The van der Waals surface area contributed by atoms with Crippen LogP contribution in [0.3, 0.4) is 0 Å². The average molecular weight is 196 g/mol. The molecular formula is C12H20O2. The molecule has 2 nitrogen and oxygen atoms in total. The number of hydrogen-bond donors (Lipinski definition) is 1. The molecule has 80 valence electrons. The Kier molecular flexibility index (Phi) is 2.10. The van der Waals surface area contributed by atoms with Crippen LogP contribution in [-0.2, 0) is 4.74 Å². The van der Waals surface area contributed by atoms with E-state index in [2.05, 4.69) is 0 Å². The van der Waals surface area contributed by atoms with Crippen molar-refractivity contribution in [2.45, 2.75) is 44.1 Å². The highest BCUT2D eigenvalue weighted by atomic mass is 16.5. The monoisotopic (exact) mass is 196 g/mol. The molecule has 1 aliphatic heterocycles. The largest absolute Gasteiger partial charge is 0.389 e. The summed E-state index contributed by atoms with van der Waals surface area (Å²) in [5, 5.41) is 10.3. The predicted octanol–water partition coefficient (Wildman–Crippen LogP) is 1.96. The van der Waals surface area contributed by atoms with Gasteiger partial charge in [0.1, 0.15) is 0 Å². The first kappa shape index (κ1) is 9.17. The van der Waals surface area contributed by atoms with Gasteiger partial charge in [-0.2, -0.15) is 0 Å². The Bertz CT molecular complexity index is 210. The van der Waals surface area contributed by atoms with Crippen molar-refractivity contribution in [3.8, 4) is 0 Å². The summed E-state index contributed by atoms with van der Waals surface area (Å²) in [5.41, 5.74) is -0.235. The molecule has 3 atom stereocenters. The molecule has 1 N–H and O–H groups in total. The Labute approximate surface area is 85.6 Å². The summed E-state index contributed by atoms with van der Waals surface area (Å²) in [4.78, 5) is 0.